The molecule has 1 N–H and O–H groups in total. The van der Waals surface area contributed by atoms with Gasteiger partial charge in [-0.2, -0.15) is 0 Å². The Labute approximate surface area is 251 Å². The number of nitrogens with one attached hydrogen (secondary N) is 1. The maximum Gasteiger partial charge on any atom is 0.321 e. The summed E-state index contributed by atoms with van der Waals surface area (Å²) in [5, 5.41) is 3.08. The van der Waals surface area contributed by atoms with E-state index in [0.29, 0.717) is 30.3 Å². The minimum Gasteiger partial charge on any atom is -0.454 e. The highest BCUT2D eigenvalue weighted by atomic mass is 35.5. The van der Waals surface area contributed by atoms with Gasteiger partial charge >= 0.3 is 6.03 Å². The highest BCUT2D eigenvalue weighted by Gasteiger charge is 2.23. The first-order valence-electron chi connectivity index (χ1n) is 13.5. The number of aryl methyl sites for hydroxylation is 1. The molecule has 2 aliphatic heterocycles. The van der Waals surface area contributed by atoms with Gasteiger partial charge in [0.05, 0.1) is 0 Å². The summed E-state index contributed by atoms with van der Waals surface area (Å²) in [4.78, 5) is 16.9. The molecule has 1 radical (unpaired) electrons. The lowest BCUT2D eigenvalue weighted by Crippen LogP contribution is -2.39. The molecular weight excluding hydrogens is 574 g/mol. The third-order valence-corrected chi connectivity index (χ3v) is 7.56. The van der Waals surface area contributed by atoms with Crippen molar-refractivity contribution in [1.82, 2.24) is 9.80 Å². The van der Waals surface area contributed by atoms with Crippen molar-refractivity contribution in [3.05, 3.63) is 95.2 Å². The number of hydrogen-bond donors (Lipinski definition) is 1. The lowest BCUT2D eigenvalue weighted by Gasteiger charge is -2.33. The zero-order chi connectivity index (χ0) is 27.4. The standard InChI is InChI=1S/C31H33F3N3O2.2ClH/c1-21-5-8-24(35-31(38)37-13-3-2-4-14-37)17-26(21)23-11-15-36(16-12-23)20-22-6-9-25(10-7-22)39-30-19-28(33)27(32)18-29(30)34;;/h3,5-10,17-19,23H,2,4,11-16,20H2,1H3,(H,35,38);2*1H. The second kappa shape index (κ2) is 14.8. The number of likely N-dealkylation sites (tertiary alicyclic amines) is 2. The number of nitrogens with zero attached hydrogens (tertiary/aromatic N) is 2. The van der Waals surface area contributed by atoms with Gasteiger partial charge in [0.25, 0.3) is 0 Å². The summed E-state index contributed by atoms with van der Waals surface area (Å²) < 4.78 is 45.9. The molecule has 5 rings (SSSR count). The van der Waals surface area contributed by atoms with E-state index < -0.39 is 17.5 Å². The van der Waals surface area contributed by atoms with Crippen LogP contribution in [0.15, 0.2) is 54.6 Å². The number of carbonyl (C=O) groups excluding carboxylic acids is 1. The first kappa shape index (κ1) is 32.6. The van der Waals surface area contributed by atoms with E-state index >= 15 is 0 Å². The minimum atomic E-state index is -1.25. The predicted molar refractivity (Wildman–Crippen MR) is 160 cm³/mol. The van der Waals surface area contributed by atoms with Crippen LogP contribution in [0.25, 0.3) is 0 Å². The normalized spacial score (nSPS) is 16.0. The van der Waals surface area contributed by atoms with E-state index in [1.807, 2.05) is 23.1 Å². The van der Waals surface area contributed by atoms with E-state index in [0.717, 1.165) is 63.1 Å². The van der Waals surface area contributed by atoms with Gasteiger partial charge in [0.15, 0.2) is 23.2 Å². The highest BCUT2D eigenvalue weighted by molar-refractivity contribution is 5.89. The largest absolute Gasteiger partial charge is 0.454 e. The van der Waals surface area contributed by atoms with Crippen molar-refractivity contribution in [2.24, 2.45) is 0 Å². The first-order chi connectivity index (χ1) is 18.9. The molecule has 221 valence electrons. The molecule has 2 fully saturated rings. The van der Waals surface area contributed by atoms with E-state index in [9.17, 15) is 18.0 Å². The molecule has 0 saturated carbocycles. The topological polar surface area (TPSA) is 44.8 Å². The van der Waals surface area contributed by atoms with Gasteiger partial charge in [0.2, 0.25) is 0 Å². The lowest BCUT2D eigenvalue weighted by molar-refractivity contribution is 0.204. The number of urea groups is 1. The van der Waals surface area contributed by atoms with Crippen molar-refractivity contribution in [2.75, 3.05) is 31.5 Å². The summed E-state index contributed by atoms with van der Waals surface area (Å²) in [5.41, 5.74) is 4.47. The van der Waals surface area contributed by atoms with Crippen LogP contribution in [0.3, 0.4) is 0 Å². The summed E-state index contributed by atoms with van der Waals surface area (Å²) in [7, 11) is 0. The number of amides is 2. The van der Waals surface area contributed by atoms with E-state index in [1.165, 1.54) is 11.1 Å². The Bertz CT molecular complexity index is 1310. The van der Waals surface area contributed by atoms with Crippen molar-refractivity contribution in [1.29, 1.82) is 0 Å². The van der Waals surface area contributed by atoms with E-state index in [1.54, 1.807) is 12.1 Å². The van der Waals surface area contributed by atoms with Gasteiger partial charge in [-0.15, -0.1) is 24.8 Å². The van der Waals surface area contributed by atoms with Crippen LogP contribution in [-0.4, -0.2) is 42.0 Å². The van der Waals surface area contributed by atoms with Crippen LogP contribution in [0.4, 0.5) is 23.7 Å². The van der Waals surface area contributed by atoms with E-state index in [-0.39, 0.29) is 36.6 Å². The fourth-order valence-electron chi connectivity index (χ4n) is 5.34. The van der Waals surface area contributed by atoms with Crippen LogP contribution in [0, 0.1) is 30.8 Å². The average Bonchev–Trinajstić information content (AvgIpc) is 2.95. The molecule has 2 aliphatic rings. The van der Waals surface area contributed by atoms with Gasteiger partial charge in [0, 0.05) is 37.5 Å². The van der Waals surface area contributed by atoms with Gasteiger partial charge in [-0.25, -0.2) is 18.0 Å². The van der Waals surface area contributed by atoms with Crippen molar-refractivity contribution in [3.8, 4) is 11.5 Å². The SMILES string of the molecule is Cc1ccc(NC(=O)N2C[CH]CCC2)cc1C1CCN(Cc2ccc(Oc3cc(F)c(F)cc3F)cc2)CC1.Cl.Cl. The molecule has 41 heavy (non-hydrogen) atoms. The van der Waals surface area contributed by atoms with Crippen molar-refractivity contribution < 1.29 is 22.7 Å². The zero-order valence-corrected chi connectivity index (χ0v) is 24.5. The molecular formula is C31H35Cl2F3N3O2. The number of piperidine rings is 2. The van der Waals surface area contributed by atoms with Crippen molar-refractivity contribution in [2.45, 2.75) is 45.1 Å². The number of rotatable bonds is 6. The molecule has 0 unspecified atom stereocenters. The van der Waals surface area contributed by atoms with Crippen LogP contribution in [0.1, 0.15) is 48.3 Å². The monoisotopic (exact) mass is 608 g/mol. The van der Waals surface area contributed by atoms with Crippen LogP contribution in [0.2, 0.25) is 0 Å². The maximum atomic E-state index is 13.9. The Hall–Kier alpha value is -2.94. The van der Waals surface area contributed by atoms with Crippen LogP contribution in [-0.2, 0) is 6.54 Å². The van der Waals surface area contributed by atoms with Crippen LogP contribution >= 0.6 is 24.8 Å². The van der Waals surface area contributed by atoms with Gasteiger partial charge in [-0.05, 0) is 99.0 Å². The van der Waals surface area contributed by atoms with Crippen molar-refractivity contribution in [3.63, 3.8) is 0 Å². The van der Waals surface area contributed by atoms with Gasteiger partial charge in [-0.3, -0.25) is 4.90 Å². The third-order valence-electron chi connectivity index (χ3n) is 7.56. The highest BCUT2D eigenvalue weighted by Crippen LogP contribution is 2.33. The predicted octanol–water partition coefficient (Wildman–Crippen LogP) is 8.26. The Morgan fingerprint density at radius 1 is 0.927 bits per heavy atom. The minimum absolute atomic E-state index is 0. The van der Waals surface area contributed by atoms with Gasteiger partial charge in [0.1, 0.15) is 5.75 Å². The second-order valence-corrected chi connectivity index (χ2v) is 10.4. The number of anilines is 1. The molecule has 5 nitrogen and oxygen atoms in total. The Balaban J connectivity index is 0.00000231. The Morgan fingerprint density at radius 3 is 2.32 bits per heavy atom. The lowest BCUT2D eigenvalue weighted by atomic mass is 9.86. The first-order valence-corrected chi connectivity index (χ1v) is 13.5. The summed E-state index contributed by atoms with van der Waals surface area (Å²) in [6.07, 6.45) is 6.28. The summed E-state index contributed by atoms with van der Waals surface area (Å²) >= 11 is 0. The molecule has 10 heteroatoms. The molecule has 2 saturated heterocycles. The van der Waals surface area contributed by atoms with E-state index in [2.05, 4.69) is 35.7 Å². The second-order valence-electron chi connectivity index (χ2n) is 10.4. The molecule has 0 atom stereocenters. The molecule has 0 aromatic heterocycles. The van der Waals surface area contributed by atoms with Gasteiger partial charge in [-0.1, -0.05) is 18.2 Å². The number of halogens is 5. The molecule has 3 aromatic carbocycles. The molecule has 0 spiro atoms. The summed E-state index contributed by atoms with van der Waals surface area (Å²) in [6, 6.07) is 14.6. The fraction of sp³-hybridized carbons (Fsp3) is 0.355. The Morgan fingerprint density at radius 2 is 1.63 bits per heavy atom. The number of hydrogen-bond acceptors (Lipinski definition) is 3. The van der Waals surface area contributed by atoms with Crippen LogP contribution in [0.5, 0.6) is 11.5 Å². The maximum absolute atomic E-state index is 13.9. The summed E-state index contributed by atoms with van der Waals surface area (Å²) in [5.74, 6) is -2.93. The Kier molecular flexibility index (Phi) is 11.8. The molecule has 3 aromatic rings. The number of carbonyl (C=O) groups is 1. The molecule has 0 bridgehead atoms. The quantitative estimate of drug-likeness (QED) is 0.286. The van der Waals surface area contributed by atoms with Crippen molar-refractivity contribution >= 4 is 36.5 Å². The summed E-state index contributed by atoms with van der Waals surface area (Å²) in [6.45, 7) is 6.29. The molecule has 2 heterocycles. The smallest absolute Gasteiger partial charge is 0.321 e. The molecule has 0 aliphatic carbocycles. The fourth-order valence-corrected chi connectivity index (χ4v) is 5.34. The number of ether oxygens (including phenoxy) is 1. The number of benzene rings is 3. The molecule has 2 amide bonds. The van der Waals surface area contributed by atoms with Gasteiger partial charge < -0.3 is 15.0 Å². The van der Waals surface area contributed by atoms with Crippen LogP contribution < -0.4 is 10.1 Å². The van der Waals surface area contributed by atoms with E-state index in [4.69, 9.17) is 4.74 Å². The average molecular weight is 610 g/mol. The third kappa shape index (κ3) is 8.31. The zero-order valence-electron chi connectivity index (χ0n) is 22.9.